The molecule has 0 amide bonds. The first kappa shape index (κ1) is 14.2. The molecule has 0 spiro atoms. The summed E-state index contributed by atoms with van der Waals surface area (Å²) in [5.74, 6) is 0.853. The Bertz CT molecular complexity index is 1100. The van der Waals surface area contributed by atoms with Crippen LogP contribution in [0.4, 0.5) is 0 Å². The maximum atomic E-state index is 5.44. The third kappa shape index (κ3) is 2.13. The van der Waals surface area contributed by atoms with Crippen molar-refractivity contribution in [1.82, 2.24) is 9.97 Å². The number of pyridine rings is 2. The van der Waals surface area contributed by atoms with Crippen LogP contribution in [-0.2, 0) is 6.42 Å². The van der Waals surface area contributed by atoms with Gasteiger partial charge in [-0.25, -0.2) is 4.98 Å². The van der Waals surface area contributed by atoms with Crippen molar-refractivity contribution >= 4 is 10.9 Å². The second kappa shape index (κ2) is 5.42. The molecule has 1 aliphatic carbocycles. The van der Waals surface area contributed by atoms with Crippen LogP contribution in [0.15, 0.2) is 66.9 Å². The van der Waals surface area contributed by atoms with Gasteiger partial charge in [0, 0.05) is 18.0 Å². The average Bonchev–Trinajstić information content (AvgIpc) is 3.07. The van der Waals surface area contributed by atoms with E-state index in [1.807, 2.05) is 36.5 Å². The smallest absolute Gasteiger partial charge is 0.119 e. The van der Waals surface area contributed by atoms with Crippen molar-refractivity contribution in [2.45, 2.75) is 6.42 Å². The highest BCUT2D eigenvalue weighted by atomic mass is 16.5. The number of nitrogens with zero attached hydrogens (tertiary/aromatic N) is 2. The molecule has 0 fully saturated rings. The monoisotopic (exact) mass is 324 g/mol. The Labute approximate surface area is 146 Å². The summed E-state index contributed by atoms with van der Waals surface area (Å²) < 4.78 is 5.44. The van der Waals surface area contributed by atoms with E-state index in [-0.39, 0.29) is 0 Å². The van der Waals surface area contributed by atoms with Crippen LogP contribution in [0.3, 0.4) is 0 Å². The highest BCUT2D eigenvalue weighted by Gasteiger charge is 2.25. The lowest BCUT2D eigenvalue weighted by Crippen LogP contribution is -1.96. The van der Waals surface area contributed by atoms with Gasteiger partial charge in [-0.05, 0) is 52.6 Å². The van der Waals surface area contributed by atoms with E-state index in [1.165, 1.54) is 22.3 Å². The van der Waals surface area contributed by atoms with Crippen molar-refractivity contribution < 1.29 is 4.74 Å². The zero-order chi connectivity index (χ0) is 16.8. The van der Waals surface area contributed by atoms with E-state index in [4.69, 9.17) is 9.72 Å². The summed E-state index contributed by atoms with van der Waals surface area (Å²) in [4.78, 5) is 9.50. The number of methoxy groups -OCH3 is 1. The predicted octanol–water partition coefficient (Wildman–Crippen LogP) is 4.88. The van der Waals surface area contributed by atoms with Crippen molar-refractivity contribution in [2.75, 3.05) is 7.11 Å². The van der Waals surface area contributed by atoms with Crippen LogP contribution >= 0.6 is 0 Å². The van der Waals surface area contributed by atoms with Crippen molar-refractivity contribution in [3.63, 3.8) is 0 Å². The van der Waals surface area contributed by atoms with Crippen molar-refractivity contribution in [1.29, 1.82) is 0 Å². The molecular weight excluding hydrogens is 308 g/mol. The lowest BCUT2D eigenvalue weighted by Gasteiger charge is -2.12. The third-order valence-corrected chi connectivity index (χ3v) is 4.85. The van der Waals surface area contributed by atoms with Gasteiger partial charge in [-0.15, -0.1) is 0 Å². The molecule has 0 atom stereocenters. The number of hydrogen-bond donors (Lipinski definition) is 0. The Morgan fingerprint density at radius 3 is 2.68 bits per heavy atom. The molecule has 2 heterocycles. The second-order valence-corrected chi connectivity index (χ2v) is 6.25. The lowest BCUT2D eigenvalue weighted by atomic mass is 9.98. The van der Waals surface area contributed by atoms with Crippen LogP contribution in [0.5, 0.6) is 5.75 Å². The Kier molecular flexibility index (Phi) is 3.07. The highest BCUT2D eigenvalue weighted by Crippen LogP contribution is 2.44. The summed E-state index contributed by atoms with van der Waals surface area (Å²) >= 11 is 0. The molecule has 0 radical (unpaired) electrons. The summed E-state index contributed by atoms with van der Waals surface area (Å²) in [5, 5.41) is 1.14. The van der Waals surface area contributed by atoms with Gasteiger partial charge in [0.25, 0.3) is 0 Å². The molecule has 2 aromatic carbocycles. The molecule has 25 heavy (non-hydrogen) atoms. The molecule has 5 rings (SSSR count). The number of aromatic nitrogens is 2. The minimum absolute atomic E-state index is 0.853. The van der Waals surface area contributed by atoms with Gasteiger partial charge in [0.05, 0.1) is 24.0 Å². The summed E-state index contributed by atoms with van der Waals surface area (Å²) in [6.45, 7) is 0. The van der Waals surface area contributed by atoms with Gasteiger partial charge < -0.3 is 4.74 Å². The Morgan fingerprint density at radius 1 is 0.960 bits per heavy atom. The fourth-order valence-electron chi connectivity index (χ4n) is 3.71. The fourth-order valence-corrected chi connectivity index (χ4v) is 3.71. The molecule has 0 saturated carbocycles. The van der Waals surface area contributed by atoms with Crippen LogP contribution in [-0.4, -0.2) is 17.1 Å². The van der Waals surface area contributed by atoms with Gasteiger partial charge in [-0.1, -0.05) is 30.3 Å². The molecule has 0 aliphatic heterocycles. The van der Waals surface area contributed by atoms with Gasteiger partial charge >= 0.3 is 0 Å². The maximum absolute atomic E-state index is 5.44. The van der Waals surface area contributed by atoms with Crippen LogP contribution in [0.1, 0.15) is 11.1 Å². The SMILES string of the molecule is COc1ccc2nc(-c3ccccn3)c3c(c2c1)-c1ccccc1C3. The second-order valence-electron chi connectivity index (χ2n) is 6.25. The first-order chi connectivity index (χ1) is 12.3. The molecule has 0 unspecified atom stereocenters. The molecule has 0 N–H and O–H groups in total. The first-order valence-corrected chi connectivity index (χ1v) is 8.35. The van der Waals surface area contributed by atoms with E-state index >= 15 is 0 Å². The van der Waals surface area contributed by atoms with E-state index in [0.29, 0.717) is 0 Å². The molecule has 4 aromatic rings. The number of hydrogen-bond acceptors (Lipinski definition) is 3. The van der Waals surface area contributed by atoms with Crippen LogP contribution in [0.25, 0.3) is 33.4 Å². The van der Waals surface area contributed by atoms with Crippen molar-refractivity contribution in [2.24, 2.45) is 0 Å². The topological polar surface area (TPSA) is 35.0 Å². The zero-order valence-corrected chi connectivity index (χ0v) is 13.9. The summed E-state index contributed by atoms with van der Waals surface area (Å²) in [7, 11) is 1.70. The van der Waals surface area contributed by atoms with E-state index in [2.05, 4.69) is 35.3 Å². The van der Waals surface area contributed by atoms with E-state index in [1.54, 1.807) is 7.11 Å². The normalized spacial score (nSPS) is 12.0. The minimum Gasteiger partial charge on any atom is -0.497 e. The van der Waals surface area contributed by atoms with Crippen molar-refractivity contribution in [3.8, 4) is 28.3 Å². The third-order valence-electron chi connectivity index (χ3n) is 4.85. The largest absolute Gasteiger partial charge is 0.497 e. The molecule has 2 aromatic heterocycles. The van der Waals surface area contributed by atoms with Gasteiger partial charge in [0.15, 0.2) is 0 Å². The maximum Gasteiger partial charge on any atom is 0.119 e. The molecule has 3 heteroatoms. The molecule has 0 saturated heterocycles. The molecular formula is C22H16N2O. The molecule has 120 valence electrons. The zero-order valence-electron chi connectivity index (χ0n) is 13.9. The summed E-state index contributed by atoms with van der Waals surface area (Å²) in [5.41, 5.74) is 8.01. The summed E-state index contributed by atoms with van der Waals surface area (Å²) in [6, 6.07) is 20.6. The Morgan fingerprint density at radius 2 is 1.84 bits per heavy atom. The molecule has 1 aliphatic rings. The first-order valence-electron chi connectivity index (χ1n) is 8.35. The fraction of sp³-hybridized carbons (Fsp3) is 0.0909. The standard InChI is InChI=1S/C22H16N2O/c1-25-15-9-10-19-17(13-15)21-16-7-3-2-6-14(16)12-18(21)22(24-19)20-8-4-5-11-23-20/h2-11,13H,12H2,1H3. The van der Waals surface area contributed by atoms with Crippen LogP contribution in [0, 0.1) is 0 Å². The number of fused-ring (bicyclic) bond motifs is 5. The van der Waals surface area contributed by atoms with Crippen molar-refractivity contribution in [3.05, 3.63) is 78.0 Å². The molecule has 3 nitrogen and oxygen atoms in total. The van der Waals surface area contributed by atoms with E-state index < -0.39 is 0 Å². The predicted molar refractivity (Wildman–Crippen MR) is 99.8 cm³/mol. The van der Waals surface area contributed by atoms with Crippen LogP contribution in [0.2, 0.25) is 0 Å². The highest BCUT2D eigenvalue weighted by molar-refractivity contribution is 6.02. The van der Waals surface area contributed by atoms with Gasteiger partial charge in [-0.3, -0.25) is 4.98 Å². The van der Waals surface area contributed by atoms with E-state index in [9.17, 15) is 0 Å². The van der Waals surface area contributed by atoms with Gasteiger partial charge in [-0.2, -0.15) is 0 Å². The Balaban J connectivity index is 1.90. The number of ether oxygens (including phenoxy) is 1. The number of rotatable bonds is 2. The lowest BCUT2D eigenvalue weighted by molar-refractivity contribution is 0.415. The number of benzene rings is 2. The van der Waals surface area contributed by atoms with Crippen LogP contribution < -0.4 is 4.74 Å². The summed E-state index contributed by atoms with van der Waals surface area (Å²) in [6.07, 6.45) is 2.71. The Hall–Kier alpha value is -3.20. The average molecular weight is 324 g/mol. The van der Waals surface area contributed by atoms with Gasteiger partial charge in [0.2, 0.25) is 0 Å². The quantitative estimate of drug-likeness (QED) is 0.464. The minimum atomic E-state index is 0.853. The van der Waals surface area contributed by atoms with Gasteiger partial charge in [0.1, 0.15) is 5.75 Å². The van der Waals surface area contributed by atoms with E-state index in [0.717, 1.165) is 34.5 Å². The molecule has 0 bridgehead atoms.